The van der Waals surface area contributed by atoms with Crippen molar-refractivity contribution in [3.63, 3.8) is 0 Å². The van der Waals surface area contributed by atoms with Gasteiger partial charge in [0.05, 0.1) is 5.69 Å². The molecular weight excluding hydrogens is 387 g/mol. The Balaban J connectivity index is 1.57. The summed E-state index contributed by atoms with van der Waals surface area (Å²) in [7, 11) is 0. The number of hydrogen-bond acceptors (Lipinski definition) is 2. The van der Waals surface area contributed by atoms with Crippen molar-refractivity contribution in [1.82, 2.24) is 4.98 Å². The molecule has 0 saturated heterocycles. The zero-order chi connectivity index (χ0) is 21.1. The van der Waals surface area contributed by atoms with E-state index in [0.29, 0.717) is 0 Å². The first kappa shape index (κ1) is 17.6. The van der Waals surface area contributed by atoms with Crippen LogP contribution in [0, 0.1) is 0 Å². The van der Waals surface area contributed by atoms with Gasteiger partial charge in [-0.05, 0) is 51.9 Å². The summed E-state index contributed by atoms with van der Waals surface area (Å²) >= 11 is 0. The van der Waals surface area contributed by atoms with Crippen LogP contribution in [0.1, 0.15) is 0 Å². The van der Waals surface area contributed by atoms with E-state index >= 15 is 0 Å². The maximum atomic E-state index is 4.61. The van der Waals surface area contributed by atoms with Crippen LogP contribution in [0.3, 0.4) is 0 Å². The molecule has 5 aromatic rings. The first-order valence-corrected chi connectivity index (χ1v) is 11.0. The van der Waals surface area contributed by atoms with Gasteiger partial charge in [0, 0.05) is 28.7 Å². The topological polar surface area (TPSA) is 16.1 Å². The van der Waals surface area contributed by atoms with Crippen LogP contribution in [0.4, 0.5) is 11.4 Å². The Morgan fingerprint density at radius 2 is 1.16 bits per heavy atom. The highest BCUT2D eigenvalue weighted by atomic mass is 15.1. The van der Waals surface area contributed by atoms with Gasteiger partial charge in [-0.3, -0.25) is 4.98 Å². The van der Waals surface area contributed by atoms with E-state index in [2.05, 4.69) is 113 Å². The average Bonchev–Trinajstić information content (AvgIpc) is 2.88. The van der Waals surface area contributed by atoms with Gasteiger partial charge in [0.1, 0.15) is 0 Å². The lowest BCUT2D eigenvalue weighted by Crippen LogP contribution is -2.59. The normalized spacial score (nSPS) is 12.9. The summed E-state index contributed by atoms with van der Waals surface area (Å²) in [6, 6.07) is 39.3. The average molecular weight is 406 g/mol. The van der Waals surface area contributed by atoms with Crippen molar-refractivity contribution in [2.75, 3.05) is 4.81 Å². The summed E-state index contributed by atoms with van der Waals surface area (Å²) < 4.78 is 0. The molecule has 0 unspecified atom stereocenters. The molecule has 0 radical (unpaired) electrons. The second kappa shape index (κ2) is 6.70. The van der Waals surface area contributed by atoms with Gasteiger partial charge >= 0.3 is 6.85 Å². The minimum Gasteiger partial charge on any atom is -0.376 e. The molecule has 2 aliphatic heterocycles. The number of hydrogen-bond donors (Lipinski definition) is 0. The molecule has 3 heteroatoms. The highest BCUT2D eigenvalue weighted by Crippen LogP contribution is 2.45. The third kappa shape index (κ3) is 2.39. The Morgan fingerprint density at radius 3 is 1.88 bits per heavy atom. The summed E-state index contributed by atoms with van der Waals surface area (Å²) in [5.41, 5.74) is 12.5. The van der Waals surface area contributed by atoms with Crippen molar-refractivity contribution in [2.24, 2.45) is 0 Å². The molecule has 4 aromatic carbocycles. The number of para-hydroxylation sites is 2. The number of benzene rings is 4. The fraction of sp³-hybridized carbons (Fsp3) is 0. The molecule has 32 heavy (non-hydrogen) atoms. The highest BCUT2D eigenvalue weighted by Gasteiger charge is 2.41. The highest BCUT2D eigenvalue weighted by molar-refractivity contribution is 6.92. The summed E-state index contributed by atoms with van der Waals surface area (Å²) in [5, 5.41) is 0. The van der Waals surface area contributed by atoms with Crippen LogP contribution in [0.25, 0.3) is 33.5 Å². The van der Waals surface area contributed by atoms with Crippen molar-refractivity contribution in [3.8, 4) is 33.5 Å². The molecule has 0 N–H and O–H groups in total. The van der Waals surface area contributed by atoms with Crippen LogP contribution < -0.4 is 15.7 Å². The van der Waals surface area contributed by atoms with E-state index in [9.17, 15) is 0 Å². The number of pyridine rings is 1. The molecule has 148 valence electrons. The van der Waals surface area contributed by atoms with E-state index in [1.807, 2.05) is 12.3 Å². The lowest BCUT2D eigenvalue weighted by molar-refractivity contribution is 1.32. The van der Waals surface area contributed by atoms with Crippen molar-refractivity contribution in [1.29, 1.82) is 0 Å². The van der Waals surface area contributed by atoms with Crippen molar-refractivity contribution in [3.05, 3.63) is 115 Å². The molecule has 0 amide bonds. The van der Waals surface area contributed by atoms with Crippen molar-refractivity contribution >= 4 is 29.1 Å². The first-order valence-electron chi connectivity index (χ1n) is 11.0. The van der Waals surface area contributed by atoms with Crippen LogP contribution in [-0.4, -0.2) is 11.8 Å². The van der Waals surface area contributed by atoms with E-state index in [0.717, 1.165) is 11.3 Å². The third-order valence-corrected chi connectivity index (χ3v) is 6.73. The maximum absolute atomic E-state index is 4.61. The van der Waals surface area contributed by atoms with Gasteiger partial charge in [-0.15, -0.1) is 0 Å². The number of rotatable bonds is 1. The number of anilines is 2. The summed E-state index contributed by atoms with van der Waals surface area (Å²) in [6.07, 6.45) is 1.86. The largest absolute Gasteiger partial charge is 0.376 e. The summed E-state index contributed by atoms with van der Waals surface area (Å²) in [5.74, 6) is 0. The van der Waals surface area contributed by atoms with E-state index in [1.165, 1.54) is 44.6 Å². The van der Waals surface area contributed by atoms with Crippen LogP contribution in [-0.2, 0) is 0 Å². The SMILES string of the molecule is c1ccc(-c2ccc3c(c2)B2c4ccccc4-c4ccccc4N2c2ccccc2-3)nc1. The smallest absolute Gasteiger partial charge is 0.329 e. The second-order valence-corrected chi connectivity index (χ2v) is 8.41. The van der Waals surface area contributed by atoms with E-state index in [4.69, 9.17) is 0 Å². The summed E-state index contributed by atoms with van der Waals surface area (Å²) in [6.45, 7) is 0.120. The van der Waals surface area contributed by atoms with Gasteiger partial charge in [0.15, 0.2) is 0 Å². The molecule has 0 spiro atoms. The van der Waals surface area contributed by atoms with Gasteiger partial charge < -0.3 is 4.81 Å². The molecule has 3 heterocycles. The molecule has 0 bridgehead atoms. The Labute approximate surface area is 187 Å². The van der Waals surface area contributed by atoms with Crippen LogP contribution in [0.15, 0.2) is 115 Å². The Hall–Kier alpha value is -4.11. The lowest BCUT2D eigenvalue weighted by atomic mass is 9.43. The predicted octanol–water partition coefficient (Wildman–Crippen LogP) is 5.65. The van der Waals surface area contributed by atoms with Gasteiger partial charge in [-0.25, -0.2) is 0 Å². The minimum atomic E-state index is 0.120. The van der Waals surface area contributed by atoms with Crippen LogP contribution in [0.2, 0.25) is 0 Å². The Morgan fingerprint density at radius 1 is 0.531 bits per heavy atom. The molecular formula is C29H19BN2. The predicted molar refractivity (Wildman–Crippen MR) is 134 cm³/mol. The molecule has 2 nitrogen and oxygen atoms in total. The number of fused-ring (bicyclic) bond motifs is 11. The Bertz CT molecular complexity index is 1490. The zero-order valence-electron chi connectivity index (χ0n) is 17.4. The maximum Gasteiger partial charge on any atom is 0.329 e. The van der Waals surface area contributed by atoms with Gasteiger partial charge in [0.2, 0.25) is 0 Å². The molecule has 0 aliphatic carbocycles. The van der Waals surface area contributed by atoms with E-state index < -0.39 is 0 Å². The lowest BCUT2D eigenvalue weighted by Gasteiger charge is -2.43. The standard InChI is InChI=1S/C29H19BN2/c1-4-12-25-21(9-1)23-10-2-5-14-28(23)32-29-15-6-3-11-24(29)22-17-16-20(19-26(22)30(25)32)27-13-7-8-18-31-27/h1-19H. The third-order valence-electron chi connectivity index (χ3n) is 6.73. The molecule has 0 fully saturated rings. The minimum absolute atomic E-state index is 0.120. The molecule has 0 saturated carbocycles. The fourth-order valence-corrected chi connectivity index (χ4v) is 5.38. The van der Waals surface area contributed by atoms with Crippen molar-refractivity contribution < 1.29 is 0 Å². The Kier molecular flexibility index (Phi) is 3.68. The summed E-state index contributed by atoms with van der Waals surface area (Å²) in [4.78, 5) is 7.14. The van der Waals surface area contributed by atoms with Crippen LogP contribution >= 0.6 is 0 Å². The zero-order valence-corrected chi connectivity index (χ0v) is 17.4. The molecule has 0 atom stereocenters. The monoisotopic (exact) mass is 406 g/mol. The molecule has 2 aliphatic rings. The van der Waals surface area contributed by atoms with Gasteiger partial charge in [-0.2, -0.15) is 0 Å². The second-order valence-electron chi connectivity index (χ2n) is 8.41. The molecule has 1 aromatic heterocycles. The van der Waals surface area contributed by atoms with Crippen molar-refractivity contribution in [2.45, 2.75) is 0 Å². The molecule has 7 rings (SSSR count). The number of aromatic nitrogens is 1. The quantitative estimate of drug-likeness (QED) is 0.334. The number of nitrogens with zero attached hydrogens (tertiary/aromatic N) is 2. The first-order chi connectivity index (χ1) is 15.9. The van der Waals surface area contributed by atoms with E-state index in [1.54, 1.807) is 0 Å². The van der Waals surface area contributed by atoms with Crippen LogP contribution in [0.5, 0.6) is 0 Å². The van der Waals surface area contributed by atoms with E-state index in [-0.39, 0.29) is 6.85 Å². The van der Waals surface area contributed by atoms with Gasteiger partial charge in [0.25, 0.3) is 0 Å². The van der Waals surface area contributed by atoms with Gasteiger partial charge in [-0.1, -0.05) is 84.9 Å². The fourth-order valence-electron chi connectivity index (χ4n) is 5.38.